The molecule has 1 N–H and O–H groups in total. The molecule has 3 aromatic carbocycles. The number of hydrogen-bond acceptors (Lipinski definition) is 5. The van der Waals surface area contributed by atoms with Crippen molar-refractivity contribution in [2.24, 2.45) is 0 Å². The van der Waals surface area contributed by atoms with Crippen LogP contribution in [0.1, 0.15) is 68.7 Å². The number of carbonyl (C=O) groups is 2. The Balaban J connectivity index is 1.31. The van der Waals surface area contributed by atoms with Crippen molar-refractivity contribution >= 4 is 17.6 Å². The maximum absolute atomic E-state index is 13.9. The summed E-state index contributed by atoms with van der Waals surface area (Å²) in [4.78, 5) is 27.9. The molecule has 214 valence electrons. The first-order chi connectivity index (χ1) is 19.6. The lowest BCUT2D eigenvalue weighted by atomic mass is 9.75. The molecular weight excluding hydrogens is 533 g/mol. The van der Waals surface area contributed by atoms with E-state index in [1.165, 1.54) is 19.2 Å². The van der Waals surface area contributed by atoms with Gasteiger partial charge in [-0.3, -0.25) is 4.79 Å². The SMILES string of the molecule is COC(=O)c1ccc(C2(NC(=O)c3cccc4c3N(Cc3ccc(C(F)(F)F)cc3)CC43CCOCC3)CC2)cc1. The number of amides is 1. The fourth-order valence-corrected chi connectivity index (χ4v) is 6.31. The maximum atomic E-state index is 13.9. The van der Waals surface area contributed by atoms with Crippen LogP contribution in [0.3, 0.4) is 0 Å². The van der Waals surface area contributed by atoms with Crippen LogP contribution >= 0.6 is 0 Å². The van der Waals surface area contributed by atoms with Crippen LogP contribution < -0.4 is 10.2 Å². The van der Waals surface area contributed by atoms with E-state index in [1.54, 1.807) is 12.1 Å². The lowest BCUT2D eigenvalue weighted by molar-refractivity contribution is -0.137. The van der Waals surface area contributed by atoms with Gasteiger partial charge in [-0.1, -0.05) is 36.4 Å². The molecule has 41 heavy (non-hydrogen) atoms. The molecule has 1 aliphatic carbocycles. The predicted octanol–water partition coefficient (Wildman–Crippen LogP) is 5.98. The van der Waals surface area contributed by atoms with E-state index < -0.39 is 23.2 Å². The van der Waals surface area contributed by atoms with Crippen LogP contribution in [0.25, 0.3) is 0 Å². The van der Waals surface area contributed by atoms with E-state index in [0.29, 0.717) is 37.4 Å². The second kappa shape index (κ2) is 10.2. The number of nitrogens with zero attached hydrogens (tertiary/aromatic N) is 1. The van der Waals surface area contributed by atoms with Crippen molar-refractivity contribution in [3.63, 3.8) is 0 Å². The molecule has 0 aromatic heterocycles. The molecule has 1 saturated heterocycles. The van der Waals surface area contributed by atoms with Crippen LogP contribution in [-0.2, 0) is 33.1 Å². The first kappa shape index (κ1) is 27.3. The zero-order chi connectivity index (χ0) is 28.8. The van der Waals surface area contributed by atoms with E-state index in [2.05, 4.69) is 16.3 Å². The third kappa shape index (κ3) is 5.07. The molecule has 1 saturated carbocycles. The van der Waals surface area contributed by atoms with Crippen LogP contribution in [0.4, 0.5) is 18.9 Å². The number of halogens is 3. The van der Waals surface area contributed by atoms with Gasteiger partial charge in [0.2, 0.25) is 0 Å². The molecule has 2 aliphatic heterocycles. The van der Waals surface area contributed by atoms with E-state index in [9.17, 15) is 22.8 Å². The Morgan fingerprint density at radius 1 is 0.951 bits per heavy atom. The fourth-order valence-electron chi connectivity index (χ4n) is 6.31. The second-order valence-corrected chi connectivity index (χ2v) is 11.3. The minimum Gasteiger partial charge on any atom is -0.465 e. The van der Waals surface area contributed by atoms with E-state index in [-0.39, 0.29) is 11.3 Å². The number of benzene rings is 3. The number of fused-ring (bicyclic) bond motifs is 2. The normalized spacial score (nSPS) is 18.6. The number of methoxy groups -OCH3 is 1. The highest BCUT2D eigenvalue weighted by molar-refractivity contribution is 6.02. The van der Waals surface area contributed by atoms with Crippen molar-refractivity contribution in [2.75, 3.05) is 31.8 Å². The Kier molecular flexibility index (Phi) is 6.80. The van der Waals surface area contributed by atoms with Crippen molar-refractivity contribution < 1.29 is 32.2 Å². The monoisotopic (exact) mass is 564 g/mol. The maximum Gasteiger partial charge on any atom is 0.416 e. The van der Waals surface area contributed by atoms with Gasteiger partial charge >= 0.3 is 12.1 Å². The molecule has 6 nitrogen and oxygen atoms in total. The first-order valence-corrected chi connectivity index (χ1v) is 13.8. The smallest absolute Gasteiger partial charge is 0.416 e. The van der Waals surface area contributed by atoms with E-state index >= 15 is 0 Å². The van der Waals surface area contributed by atoms with E-state index in [4.69, 9.17) is 9.47 Å². The summed E-state index contributed by atoms with van der Waals surface area (Å²) in [6, 6.07) is 18.2. The van der Waals surface area contributed by atoms with Gasteiger partial charge in [0.25, 0.3) is 5.91 Å². The predicted molar refractivity (Wildman–Crippen MR) is 147 cm³/mol. The molecule has 1 spiro atoms. The summed E-state index contributed by atoms with van der Waals surface area (Å²) in [5.74, 6) is -0.613. The Bertz CT molecular complexity index is 1460. The Hall–Kier alpha value is -3.85. The lowest BCUT2D eigenvalue weighted by Gasteiger charge is -2.34. The number of hydrogen-bond donors (Lipinski definition) is 1. The van der Waals surface area contributed by atoms with Gasteiger partial charge in [-0.15, -0.1) is 0 Å². The lowest BCUT2D eigenvalue weighted by Crippen LogP contribution is -2.38. The summed E-state index contributed by atoms with van der Waals surface area (Å²) in [6.07, 6.45) is -1.21. The third-order valence-electron chi connectivity index (χ3n) is 8.73. The van der Waals surface area contributed by atoms with Gasteiger partial charge in [-0.2, -0.15) is 13.2 Å². The van der Waals surface area contributed by atoms with E-state index in [1.807, 2.05) is 24.3 Å². The van der Waals surface area contributed by atoms with Crippen LogP contribution in [0, 0.1) is 0 Å². The zero-order valence-corrected chi connectivity index (χ0v) is 22.7. The molecule has 3 aliphatic rings. The quantitative estimate of drug-likeness (QED) is 0.373. The average molecular weight is 565 g/mol. The number of alkyl halides is 3. The van der Waals surface area contributed by atoms with Gasteiger partial charge in [-0.05, 0) is 72.7 Å². The topological polar surface area (TPSA) is 67.9 Å². The molecule has 3 aromatic rings. The van der Waals surface area contributed by atoms with Crippen LogP contribution in [0.5, 0.6) is 0 Å². The average Bonchev–Trinajstić information content (AvgIpc) is 3.70. The summed E-state index contributed by atoms with van der Waals surface area (Å²) < 4.78 is 49.9. The molecule has 2 fully saturated rings. The highest BCUT2D eigenvalue weighted by atomic mass is 19.4. The number of rotatable bonds is 6. The summed E-state index contributed by atoms with van der Waals surface area (Å²) in [6.45, 7) is 2.29. The second-order valence-electron chi connectivity index (χ2n) is 11.3. The molecule has 0 bridgehead atoms. The van der Waals surface area contributed by atoms with Crippen molar-refractivity contribution in [3.8, 4) is 0 Å². The molecule has 0 atom stereocenters. The Labute approximate surface area is 236 Å². The number of carbonyl (C=O) groups excluding carboxylic acids is 2. The molecule has 6 rings (SSSR count). The molecule has 0 radical (unpaired) electrons. The molecule has 1 amide bonds. The van der Waals surface area contributed by atoms with Crippen molar-refractivity contribution in [1.82, 2.24) is 5.32 Å². The molecule has 2 heterocycles. The van der Waals surface area contributed by atoms with Crippen LogP contribution in [-0.4, -0.2) is 38.7 Å². The third-order valence-corrected chi connectivity index (χ3v) is 8.73. The Morgan fingerprint density at radius 2 is 1.63 bits per heavy atom. The van der Waals surface area contributed by atoms with Gasteiger partial charge in [0.05, 0.1) is 35.0 Å². The molecular formula is C32H31F3N2O4. The fraction of sp³-hybridized carbons (Fsp3) is 0.375. The largest absolute Gasteiger partial charge is 0.465 e. The van der Waals surface area contributed by atoms with Gasteiger partial charge in [-0.25, -0.2) is 4.79 Å². The van der Waals surface area contributed by atoms with E-state index in [0.717, 1.165) is 60.2 Å². The van der Waals surface area contributed by atoms with Gasteiger partial charge in [0.1, 0.15) is 0 Å². The summed E-state index contributed by atoms with van der Waals surface area (Å²) in [7, 11) is 1.34. The van der Waals surface area contributed by atoms with Gasteiger partial charge in [0, 0.05) is 31.7 Å². The van der Waals surface area contributed by atoms with Crippen LogP contribution in [0.15, 0.2) is 66.7 Å². The highest BCUT2D eigenvalue weighted by Crippen LogP contribution is 2.50. The minimum atomic E-state index is -4.39. The standard InChI is InChI=1S/C32H31F3N2O4/c1-40-29(39)22-7-11-23(12-8-22)31(13-14-31)36-28(38)25-3-2-4-26-27(25)37(20-30(26)15-17-41-18-16-30)19-21-5-9-24(10-6-21)32(33,34)35/h2-12H,13-20H2,1H3,(H,36,38). The van der Waals surface area contributed by atoms with Crippen molar-refractivity contribution in [3.05, 3.63) is 100 Å². The van der Waals surface area contributed by atoms with Crippen molar-refractivity contribution in [1.29, 1.82) is 0 Å². The number of nitrogens with one attached hydrogen (secondary N) is 1. The molecule has 9 heteroatoms. The molecule has 0 unspecified atom stereocenters. The van der Waals surface area contributed by atoms with Crippen molar-refractivity contribution in [2.45, 2.75) is 49.4 Å². The number of para-hydroxylation sites is 1. The van der Waals surface area contributed by atoms with Gasteiger partial charge in [0.15, 0.2) is 0 Å². The Morgan fingerprint density at radius 3 is 2.24 bits per heavy atom. The summed E-state index contributed by atoms with van der Waals surface area (Å²) in [5.41, 5.74) is 3.21. The number of anilines is 1. The first-order valence-electron chi connectivity index (χ1n) is 13.8. The summed E-state index contributed by atoms with van der Waals surface area (Å²) >= 11 is 0. The van der Waals surface area contributed by atoms with Crippen LogP contribution in [0.2, 0.25) is 0 Å². The number of ether oxygens (including phenoxy) is 2. The highest BCUT2D eigenvalue weighted by Gasteiger charge is 2.48. The number of esters is 1. The van der Waals surface area contributed by atoms with Gasteiger partial charge < -0.3 is 19.7 Å². The summed E-state index contributed by atoms with van der Waals surface area (Å²) in [5, 5.41) is 3.26. The minimum absolute atomic E-state index is 0.184. The zero-order valence-electron chi connectivity index (χ0n) is 22.7.